The minimum Gasteiger partial charge on any atom is -0.478 e. The molecule has 0 aromatic carbocycles. The fourth-order valence-corrected chi connectivity index (χ4v) is 2.71. The molecule has 0 fully saturated rings. The van der Waals surface area contributed by atoms with Crippen LogP contribution in [0.4, 0.5) is 0 Å². The predicted molar refractivity (Wildman–Crippen MR) is 81.9 cm³/mol. The minimum atomic E-state index is -0.997. The van der Waals surface area contributed by atoms with Crippen molar-refractivity contribution in [3.05, 3.63) is 11.6 Å². The maximum Gasteiger partial charge on any atom is 0.332 e. The monoisotopic (exact) mass is 296 g/mol. The van der Waals surface area contributed by atoms with E-state index in [1.165, 1.54) is 25.7 Å². The van der Waals surface area contributed by atoms with Gasteiger partial charge in [-0.1, -0.05) is 52.0 Å². The molecule has 0 amide bonds. The maximum atomic E-state index is 12.0. The summed E-state index contributed by atoms with van der Waals surface area (Å²) < 4.78 is 5.26. The van der Waals surface area contributed by atoms with Crippen LogP contribution in [0.2, 0.25) is 0 Å². The van der Waals surface area contributed by atoms with Gasteiger partial charge in [-0.05, 0) is 25.2 Å². The molecule has 0 radical (unpaired) electrons. The molecule has 0 heterocycles. The van der Waals surface area contributed by atoms with E-state index in [1.807, 2.05) is 6.92 Å². The Balaban J connectivity index is 2.31. The Morgan fingerprint density at radius 3 is 2.52 bits per heavy atom. The van der Waals surface area contributed by atoms with E-state index in [-0.39, 0.29) is 17.5 Å². The molecule has 2 unspecified atom stereocenters. The molecule has 2 atom stereocenters. The van der Waals surface area contributed by atoms with E-state index >= 15 is 0 Å². The molecule has 0 aromatic heterocycles. The average molecular weight is 296 g/mol. The molecule has 0 bridgehead atoms. The quantitative estimate of drug-likeness (QED) is 0.517. The Labute approximate surface area is 127 Å². The van der Waals surface area contributed by atoms with Crippen LogP contribution in [-0.2, 0) is 14.3 Å². The number of hydrogen-bond donors (Lipinski definition) is 1. The molecule has 0 aromatic rings. The van der Waals surface area contributed by atoms with E-state index in [4.69, 9.17) is 4.74 Å². The molecule has 4 heteroatoms. The van der Waals surface area contributed by atoms with Crippen LogP contribution in [0.5, 0.6) is 0 Å². The number of hydrogen-bond acceptors (Lipinski definition) is 3. The van der Waals surface area contributed by atoms with Gasteiger partial charge in [0.1, 0.15) is 0 Å². The van der Waals surface area contributed by atoms with Crippen molar-refractivity contribution < 1.29 is 19.4 Å². The molecule has 0 aliphatic heterocycles. The third kappa shape index (κ3) is 6.32. The third-order valence-corrected chi connectivity index (χ3v) is 4.02. The number of esters is 1. The number of carbonyl (C=O) groups is 2. The number of carboxylic acid groups (broad SMARTS) is 1. The van der Waals surface area contributed by atoms with E-state index in [9.17, 15) is 14.7 Å². The van der Waals surface area contributed by atoms with Crippen LogP contribution in [0.15, 0.2) is 11.6 Å². The number of allylic oxidation sites excluding steroid dienone is 1. The molecule has 4 nitrogen and oxygen atoms in total. The normalized spacial score (nSPS) is 21.7. The van der Waals surface area contributed by atoms with E-state index in [0.717, 1.165) is 19.3 Å². The summed E-state index contributed by atoms with van der Waals surface area (Å²) in [5.41, 5.74) is 0.210. The number of rotatable bonds is 9. The van der Waals surface area contributed by atoms with Gasteiger partial charge in [0.2, 0.25) is 0 Å². The second-order valence-corrected chi connectivity index (χ2v) is 5.97. The number of aliphatic carboxylic acids is 1. The first-order chi connectivity index (χ1) is 10.1. The molecule has 1 aliphatic carbocycles. The summed E-state index contributed by atoms with van der Waals surface area (Å²) in [6.45, 7) is 4.56. The highest BCUT2D eigenvalue weighted by molar-refractivity contribution is 5.94. The van der Waals surface area contributed by atoms with Gasteiger partial charge < -0.3 is 9.84 Å². The Kier molecular flexibility index (Phi) is 8.09. The molecule has 0 spiro atoms. The first-order valence-corrected chi connectivity index (χ1v) is 8.17. The number of carbonyl (C=O) groups excluding carboxylic acids is 1. The summed E-state index contributed by atoms with van der Waals surface area (Å²) in [6, 6.07) is 0. The van der Waals surface area contributed by atoms with Gasteiger partial charge in [-0.3, -0.25) is 4.79 Å². The summed E-state index contributed by atoms with van der Waals surface area (Å²) >= 11 is 0. The topological polar surface area (TPSA) is 63.6 Å². The summed E-state index contributed by atoms with van der Waals surface area (Å²) in [4.78, 5) is 23.2. The lowest BCUT2D eigenvalue weighted by atomic mass is 9.83. The van der Waals surface area contributed by atoms with Gasteiger partial charge in [0.15, 0.2) is 0 Å². The molecule has 1 aliphatic rings. The second kappa shape index (κ2) is 9.59. The van der Waals surface area contributed by atoms with E-state index in [0.29, 0.717) is 13.0 Å². The summed E-state index contributed by atoms with van der Waals surface area (Å²) in [5.74, 6) is -1.73. The van der Waals surface area contributed by atoms with Gasteiger partial charge in [-0.15, -0.1) is 0 Å². The Morgan fingerprint density at radius 2 is 1.86 bits per heavy atom. The highest BCUT2D eigenvalue weighted by Crippen LogP contribution is 2.29. The van der Waals surface area contributed by atoms with Crippen LogP contribution in [-0.4, -0.2) is 23.7 Å². The molecule has 1 rings (SSSR count). The number of ether oxygens (including phenoxy) is 1. The zero-order valence-electron chi connectivity index (χ0n) is 13.3. The molecule has 21 heavy (non-hydrogen) atoms. The Hall–Kier alpha value is -1.32. The molecule has 120 valence electrons. The van der Waals surface area contributed by atoms with Crippen molar-refractivity contribution >= 4 is 11.9 Å². The lowest BCUT2D eigenvalue weighted by Crippen LogP contribution is -2.27. The van der Waals surface area contributed by atoms with E-state index < -0.39 is 11.9 Å². The number of unbranched alkanes of at least 4 members (excludes halogenated alkanes) is 5. The van der Waals surface area contributed by atoms with Crippen molar-refractivity contribution in [2.24, 2.45) is 11.8 Å². The van der Waals surface area contributed by atoms with Crippen molar-refractivity contribution in [2.45, 2.75) is 65.2 Å². The minimum absolute atomic E-state index is 0.210. The van der Waals surface area contributed by atoms with Crippen LogP contribution in [0, 0.1) is 11.8 Å². The zero-order valence-corrected chi connectivity index (χ0v) is 13.3. The molecule has 0 saturated carbocycles. The largest absolute Gasteiger partial charge is 0.478 e. The van der Waals surface area contributed by atoms with Gasteiger partial charge in [-0.2, -0.15) is 0 Å². The van der Waals surface area contributed by atoms with Crippen LogP contribution in [0.25, 0.3) is 0 Å². The third-order valence-electron chi connectivity index (χ3n) is 4.02. The molecular weight excluding hydrogens is 268 g/mol. The SMILES string of the molecule is CCCCCCCCOC(=O)C1CCC(C)C=C1C(=O)O. The average Bonchev–Trinajstić information content (AvgIpc) is 2.46. The fraction of sp³-hybridized carbons (Fsp3) is 0.765. The summed E-state index contributed by atoms with van der Waals surface area (Å²) in [7, 11) is 0. The highest BCUT2D eigenvalue weighted by Gasteiger charge is 2.32. The van der Waals surface area contributed by atoms with Gasteiger partial charge >= 0.3 is 11.9 Å². The van der Waals surface area contributed by atoms with Crippen molar-refractivity contribution in [2.75, 3.05) is 6.61 Å². The lowest BCUT2D eigenvalue weighted by molar-refractivity contribution is -0.150. The Morgan fingerprint density at radius 1 is 1.19 bits per heavy atom. The zero-order chi connectivity index (χ0) is 15.7. The van der Waals surface area contributed by atoms with Crippen molar-refractivity contribution in [1.29, 1.82) is 0 Å². The summed E-state index contributed by atoms with van der Waals surface area (Å²) in [6.07, 6.45) is 9.93. The highest BCUT2D eigenvalue weighted by atomic mass is 16.5. The smallest absolute Gasteiger partial charge is 0.332 e. The summed E-state index contributed by atoms with van der Waals surface area (Å²) in [5, 5.41) is 9.19. The van der Waals surface area contributed by atoms with Gasteiger partial charge in [0.25, 0.3) is 0 Å². The molecule has 0 saturated heterocycles. The lowest BCUT2D eigenvalue weighted by Gasteiger charge is -2.23. The van der Waals surface area contributed by atoms with Crippen LogP contribution >= 0.6 is 0 Å². The van der Waals surface area contributed by atoms with Crippen molar-refractivity contribution in [1.82, 2.24) is 0 Å². The fourth-order valence-electron chi connectivity index (χ4n) is 2.71. The Bertz CT molecular complexity index is 373. The molecular formula is C17H28O4. The first kappa shape index (κ1) is 17.7. The van der Waals surface area contributed by atoms with Crippen LogP contribution in [0.3, 0.4) is 0 Å². The second-order valence-electron chi connectivity index (χ2n) is 5.97. The van der Waals surface area contributed by atoms with Gasteiger partial charge in [-0.25, -0.2) is 4.79 Å². The standard InChI is InChI=1S/C17H28O4/c1-3-4-5-6-7-8-11-21-17(20)14-10-9-13(2)12-15(14)16(18)19/h12-14H,3-11H2,1-2H3,(H,18,19). The van der Waals surface area contributed by atoms with Crippen LogP contribution in [0.1, 0.15) is 65.2 Å². The van der Waals surface area contributed by atoms with E-state index in [1.54, 1.807) is 6.08 Å². The van der Waals surface area contributed by atoms with E-state index in [2.05, 4.69) is 6.92 Å². The van der Waals surface area contributed by atoms with Crippen molar-refractivity contribution in [3.63, 3.8) is 0 Å². The van der Waals surface area contributed by atoms with Gasteiger partial charge in [0.05, 0.1) is 12.5 Å². The molecule has 1 N–H and O–H groups in total. The maximum absolute atomic E-state index is 12.0. The number of carboxylic acids is 1. The van der Waals surface area contributed by atoms with Crippen LogP contribution < -0.4 is 0 Å². The van der Waals surface area contributed by atoms with Crippen molar-refractivity contribution in [3.8, 4) is 0 Å². The van der Waals surface area contributed by atoms with Gasteiger partial charge in [0, 0.05) is 5.57 Å². The first-order valence-electron chi connectivity index (χ1n) is 8.17. The predicted octanol–water partition coefficient (Wildman–Crippen LogP) is 3.95.